The maximum atomic E-state index is 3.99. The van der Waals surface area contributed by atoms with E-state index in [1.165, 1.54) is 17.1 Å². The van der Waals surface area contributed by atoms with Crippen molar-refractivity contribution in [1.82, 2.24) is 10.3 Å². The third-order valence-electron chi connectivity index (χ3n) is 1.97. The molecule has 0 fully saturated rings. The van der Waals surface area contributed by atoms with E-state index in [0.29, 0.717) is 0 Å². The Balaban J connectivity index is 1.99. The molecule has 0 aliphatic rings. The highest BCUT2D eigenvalue weighted by Gasteiger charge is 1.91. The standard InChI is InChI=1S/C11H18N2S/c1-2-14-10-9-13-8-5-11-3-6-12-7-4-11/h3-4,6-7,13H,2,5,8-10H2,1H3. The van der Waals surface area contributed by atoms with Crippen LogP contribution >= 0.6 is 11.8 Å². The van der Waals surface area contributed by atoms with Gasteiger partial charge < -0.3 is 5.32 Å². The van der Waals surface area contributed by atoms with Crippen molar-refractivity contribution in [3.05, 3.63) is 30.1 Å². The topological polar surface area (TPSA) is 24.9 Å². The summed E-state index contributed by atoms with van der Waals surface area (Å²) in [6.07, 6.45) is 4.80. The van der Waals surface area contributed by atoms with Crippen LogP contribution in [-0.2, 0) is 6.42 Å². The summed E-state index contributed by atoms with van der Waals surface area (Å²) in [4.78, 5) is 3.99. The minimum Gasteiger partial charge on any atom is -0.316 e. The molecule has 2 nitrogen and oxygen atoms in total. The lowest BCUT2D eigenvalue weighted by Crippen LogP contribution is -2.20. The van der Waals surface area contributed by atoms with Crippen LogP contribution in [0.25, 0.3) is 0 Å². The summed E-state index contributed by atoms with van der Waals surface area (Å²) < 4.78 is 0. The molecule has 0 atom stereocenters. The summed E-state index contributed by atoms with van der Waals surface area (Å²) in [5, 5.41) is 3.43. The second kappa shape index (κ2) is 7.83. The van der Waals surface area contributed by atoms with Gasteiger partial charge in [0.1, 0.15) is 0 Å². The Morgan fingerprint density at radius 2 is 2.07 bits per heavy atom. The Bertz CT molecular complexity index is 226. The second-order valence-corrected chi connectivity index (χ2v) is 4.45. The van der Waals surface area contributed by atoms with Crippen LogP contribution in [0.1, 0.15) is 12.5 Å². The molecule has 1 aromatic heterocycles. The van der Waals surface area contributed by atoms with Gasteiger partial charge in [0.05, 0.1) is 0 Å². The Hall–Kier alpha value is -0.540. The first-order chi connectivity index (χ1) is 6.93. The predicted octanol–water partition coefficient (Wildman–Crippen LogP) is 1.97. The van der Waals surface area contributed by atoms with E-state index in [0.717, 1.165) is 19.5 Å². The Kier molecular flexibility index (Phi) is 6.45. The van der Waals surface area contributed by atoms with Gasteiger partial charge in [-0.2, -0.15) is 11.8 Å². The second-order valence-electron chi connectivity index (χ2n) is 3.05. The fraction of sp³-hybridized carbons (Fsp3) is 0.545. The molecule has 0 aromatic carbocycles. The minimum absolute atomic E-state index is 1.06. The molecule has 1 aromatic rings. The molecule has 0 spiro atoms. The van der Waals surface area contributed by atoms with Crippen LogP contribution in [0.2, 0.25) is 0 Å². The zero-order chi connectivity index (χ0) is 10.1. The SMILES string of the molecule is CCSCCNCCc1ccncc1. The number of hydrogen-bond acceptors (Lipinski definition) is 3. The number of aromatic nitrogens is 1. The molecular formula is C11H18N2S. The molecule has 1 heterocycles. The van der Waals surface area contributed by atoms with Gasteiger partial charge >= 0.3 is 0 Å². The summed E-state index contributed by atoms with van der Waals surface area (Å²) >= 11 is 1.98. The average molecular weight is 210 g/mol. The van der Waals surface area contributed by atoms with E-state index < -0.39 is 0 Å². The Morgan fingerprint density at radius 1 is 1.29 bits per heavy atom. The number of hydrogen-bond donors (Lipinski definition) is 1. The smallest absolute Gasteiger partial charge is 0.0270 e. The van der Waals surface area contributed by atoms with Crippen LogP contribution in [0.15, 0.2) is 24.5 Å². The van der Waals surface area contributed by atoms with E-state index >= 15 is 0 Å². The van der Waals surface area contributed by atoms with Gasteiger partial charge in [-0.1, -0.05) is 6.92 Å². The van der Waals surface area contributed by atoms with Crippen molar-refractivity contribution in [2.75, 3.05) is 24.6 Å². The summed E-state index contributed by atoms with van der Waals surface area (Å²) in [6, 6.07) is 4.14. The molecule has 0 amide bonds. The summed E-state index contributed by atoms with van der Waals surface area (Å²) in [7, 11) is 0. The lowest BCUT2D eigenvalue weighted by atomic mass is 10.2. The zero-order valence-electron chi connectivity index (χ0n) is 8.70. The lowest BCUT2D eigenvalue weighted by Gasteiger charge is -2.03. The van der Waals surface area contributed by atoms with E-state index in [2.05, 4.69) is 29.4 Å². The molecule has 1 N–H and O–H groups in total. The van der Waals surface area contributed by atoms with Gasteiger partial charge in [-0.05, 0) is 36.4 Å². The molecule has 0 radical (unpaired) electrons. The minimum atomic E-state index is 1.06. The highest BCUT2D eigenvalue weighted by Crippen LogP contribution is 1.97. The molecule has 0 unspecified atom stereocenters. The molecule has 0 aliphatic carbocycles. The maximum absolute atomic E-state index is 3.99. The molecule has 0 bridgehead atoms. The number of nitrogens with one attached hydrogen (secondary N) is 1. The molecule has 0 saturated heterocycles. The van der Waals surface area contributed by atoms with Gasteiger partial charge in [0, 0.05) is 24.7 Å². The fourth-order valence-electron chi connectivity index (χ4n) is 1.20. The van der Waals surface area contributed by atoms with Crippen LogP contribution in [0.5, 0.6) is 0 Å². The normalized spacial score (nSPS) is 10.4. The van der Waals surface area contributed by atoms with Crippen LogP contribution in [-0.4, -0.2) is 29.6 Å². The van der Waals surface area contributed by atoms with Crippen molar-refractivity contribution in [3.63, 3.8) is 0 Å². The molecule has 14 heavy (non-hydrogen) atoms. The predicted molar refractivity (Wildman–Crippen MR) is 63.8 cm³/mol. The van der Waals surface area contributed by atoms with Crippen LogP contribution < -0.4 is 5.32 Å². The number of thioether (sulfide) groups is 1. The average Bonchev–Trinajstić information content (AvgIpc) is 2.25. The van der Waals surface area contributed by atoms with Gasteiger partial charge in [0.25, 0.3) is 0 Å². The first-order valence-electron chi connectivity index (χ1n) is 5.11. The van der Waals surface area contributed by atoms with E-state index in [-0.39, 0.29) is 0 Å². The monoisotopic (exact) mass is 210 g/mol. The quantitative estimate of drug-likeness (QED) is 0.696. The Labute approximate surface area is 90.5 Å². The van der Waals surface area contributed by atoms with Crippen molar-refractivity contribution in [2.24, 2.45) is 0 Å². The van der Waals surface area contributed by atoms with Crippen LogP contribution in [0.4, 0.5) is 0 Å². The van der Waals surface area contributed by atoms with Crippen LogP contribution in [0, 0.1) is 0 Å². The van der Waals surface area contributed by atoms with Gasteiger partial charge in [-0.15, -0.1) is 0 Å². The molecular weight excluding hydrogens is 192 g/mol. The maximum Gasteiger partial charge on any atom is 0.0270 e. The first kappa shape index (κ1) is 11.5. The largest absolute Gasteiger partial charge is 0.316 e. The Morgan fingerprint density at radius 3 is 2.79 bits per heavy atom. The highest BCUT2D eigenvalue weighted by molar-refractivity contribution is 7.99. The zero-order valence-corrected chi connectivity index (χ0v) is 9.52. The van der Waals surface area contributed by atoms with Crippen molar-refractivity contribution in [1.29, 1.82) is 0 Å². The van der Waals surface area contributed by atoms with Gasteiger partial charge in [0.2, 0.25) is 0 Å². The van der Waals surface area contributed by atoms with Crippen molar-refractivity contribution in [3.8, 4) is 0 Å². The number of rotatable bonds is 7. The van der Waals surface area contributed by atoms with Gasteiger partial charge in [-0.25, -0.2) is 0 Å². The highest BCUT2D eigenvalue weighted by atomic mass is 32.2. The van der Waals surface area contributed by atoms with Crippen LogP contribution in [0.3, 0.4) is 0 Å². The van der Waals surface area contributed by atoms with Crippen molar-refractivity contribution < 1.29 is 0 Å². The fourth-order valence-corrected chi connectivity index (χ4v) is 1.77. The van der Waals surface area contributed by atoms with E-state index in [1.54, 1.807) is 0 Å². The van der Waals surface area contributed by atoms with Crippen molar-refractivity contribution >= 4 is 11.8 Å². The number of nitrogens with zero attached hydrogens (tertiary/aromatic N) is 1. The third kappa shape index (κ3) is 5.25. The van der Waals surface area contributed by atoms with E-state index in [1.807, 2.05) is 24.2 Å². The summed E-state index contributed by atoms with van der Waals surface area (Å²) in [5.41, 5.74) is 1.36. The lowest BCUT2D eigenvalue weighted by molar-refractivity contribution is 0.720. The van der Waals surface area contributed by atoms with E-state index in [9.17, 15) is 0 Å². The van der Waals surface area contributed by atoms with Gasteiger partial charge in [0.15, 0.2) is 0 Å². The molecule has 1 rings (SSSR count). The number of pyridine rings is 1. The molecule has 78 valence electrons. The molecule has 0 saturated carbocycles. The summed E-state index contributed by atoms with van der Waals surface area (Å²) in [5.74, 6) is 2.43. The summed E-state index contributed by atoms with van der Waals surface area (Å²) in [6.45, 7) is 4.37. The first-order valence-corrected chi connectivity index (χ1v) is 6.26. The molecule has 3 heteroatoms. The van der Waals surface area contributed by atoms with Gasteiger partial charge in [-0.3, -0.25) is 4.98 Å². The van der Waals surface area contributed by atoms with Crippen molar-refractivity contribution in [2.45, 2.75) is 13.3 Å². The molecule has 0 aliphatic heterocycles. The third-order valence-corrected chi connectivity index (χ3v) is 2.87. The van der Waals surface area contributed by atoms with E-state index in [4.69, 9.17) is 0 Å².